The highest BCUT2D eigenvalue weighted by atomic mass is 32.1. The first kappa shape index (κ1) is 19.3. The SMILES string of the molecule is Cc1ccc(-c2nc(CCNC(=O)c3ccc(NC(=O)C4CC4)cc3)cs2)cc1. The predicted octanol–water partition coefficient (Wildman–Crippen LogP) is 4.44. The molecule has 0 atom stereocenters. The lowest BCUT2D eigenvalue weighted by Gasteiger charge is -2.07. The lowest BCUT2D eigenvalue weighted by atomic mass is 10.1. The van der Waals surface area contributed by atoms with Crippen LogP contribution in [-0.4, -0.2) is 23.3 Å². The van der Waals surface area contributed by atoms with E-state index in [1.807, 2.05) is 5.38 Å². The molecule has 1 aromatic heterocycles. The maximum Gasteiger partial charge on any atom is 0.251 e. The molecule has 3 aromatic rings. The number of thiazole rings is 1. The fourth-order valence-corrected chi connectivity index (χ4v) is 3.81. The molecule has 1 saturated carbocycles. The Morgan fingerprint density at radius 1 is 1.07 bits per heavy atom. The minimum Gasteiger partial charge on any atom is -0.352 e. The molecule has 1 fully saturated rings. The standard InChI is InChI=1S/C23H23N3O2S/c1-15-2-4-18(5-3-15)23-26-20(14-29-23)12-13-24-21(27)16-8-10-19(11-9-16)25-22(28)17-6-7-17/h2-5,8-11,14,17H,6-7,12-13H2,1H3,(H,24,27)(H,25,28). The average Bonchev–Trinajstić information content (AvgIpc) is 3.48. The highest BCUT2D eigenvalue weighted by molar-refractivity contribution is 7.13. The van der Waals surface area contributed by atoms with Crippen molar-refractivity contribution in [2.75, 3.05) is 11.9 Å². The van der Waals surface area contributed by atoms with Crippen LogP contribution in [0.25, 0.3) is 10.6 Å². The summed E-state index contributed by atoms with van der Waals surface area (Å²) in [6, 6.07) is 15.3. The van der Waals surface area contributed by atoms with Crippen molar-refractivity contribution in [2.45, 2.75) is 26.2 Å². The number of hydrogen-bond acceptors (Lipinski definition) is 4. The van der Waals surface area contributed by atoms with Crippen molar-refractivity contribution in [1.82, 2.24) is 10.3 Å². The van der Waals surface area contributed by atoms with Crippen LogP contribution < -0.4 is 10.6 Å². The minimum absolute atomic E-state index is 0.0653. The lowest BCUT2D eigenvalue weighted by Crippen LogP contribution is -2.25. The molecule has 0 saturated heterocycles. The molecule has 2 N–H and O–H groups in total. The normalized spacial score (nSPS) is 13.1. The van der Waals surface area contributed by atoms with Gasteiger partial charge in [0.05, 0.1) is 5.69 Å². The maximum atomic E-state index is 12.3. The first-order chi connectivity index (χ1) is 14.1. The zero-order valence-corrected chi connectivity index (χ0v) is 17.1. The van der Waals surface area contributed by atoms with Gasteiger partial charge in [-0.15, -0.1) is 11.3 Å². The van der Waals surface area contributed by atoms with Gasteiger partial charge in [-0.3, -0.25) is 9.59 Å². The van der Waals surface area contributed by atoms with Crippen LogP contribution in [0.3, 0.4) is 0 Å². The summed E-state index contributed by atoms with van der Waals surface area (Å²) in [5.74, 6) is 0.102. The van der Waals surface area contributed by atoms with Crippen LogP contribution in [0.4, 0.5) is 5.69 Å². The summed E-state index contributed by atoms with van der Waals surface area (Å²) >= 11 is 1.62. The van der Waals surface area contributed by atoms with Crippen molar-refractivity contribution in [3.63, 3.8) is 0 Å². The zero-order valence-electron chi connectivity index (χ0n) is 16.3. The van der Waals surface area contributed by atoms with Gasteiger partial charge < -0.3 is 10.6 Å². The number of anilines is 1. The van der Waals surface area contributed by atoms with E-state index in [2.05, 4.69) is 46.8 Å². The van der Waals surface area contributed by atoms with E-state index in [0.29, 0.717) is 18.5 Å². The molecular formula is C23H23N3O2S. The number of carbonyl (C=O) groups excluding carboxylic acids is 2. The number of rotatable bonds is 7. The molecule has 0 aliphatic heterocycles. The lowest BCUT2D eigenvalue weighted by molar-refractivity contribution is -0.117. The predicted molar refractivity (Wildman–Crippen MR) is 116 cm³/mol. The Hall–Kier alpha value is -2.99. The molecule has 5 nitrogen and oxygen atoms in total. The second kappa shape index (κ2) is 8.57. The molecule has 0 unspecified atom stereocenters. The fourth-order valence-electron chi connectivity index (χ4n) is 2.95. The van der Waals surface area contributed by atoms with Crippen molar-refractivity contribution < 1.29 is 9.59 Å². The molecule has 1 aliphatic rings. The van der Waals surface area contributed by atoms with E-state index >= 15 is 0 Å². The summed E-state index contributed by atoms with van der Waals surface area (Å²) in [5, 5.41) is 8.84. The summed E-state index contributed by atoms with van der Waals surface area (Å²) in [5.41, 5.74) is 4.62. The number of nitrogens with zero attached hydrogens (tertiary/aromatic N) is 1. The molecule has 6 heteroatoms. The quantitative estimate of drug-likeness (QED) is 0.610. The Labute approximate surface area is 174 Å². The van der Waals surface area contributed by atoms with E-state index in [9.17, 15) is 9.59 Å². The Bertz CT molecular complexity index is 1010. The van der Waals surface area contributed by atoms with Gasteiger partial charge in [-0.2, -0.15) is 0 Å². The third-order valence-electron chi connectivity index (χ3n) is 4.88. The molecule has 0 bridgehead atoms. The second-order valence-electron chi connectivity index (χ2n) is 7.36. The number of nitrogens with one attached hydrogen (secondary N) is 2. The number of amides is 2. The first-order valence-corrected chi connectivity index (χ1v) is 10.7. The van der Waals surface area contributed by atoms with Gasteiger partial charge in [-0.25, -0.2) is 4.98 Å². The van der Waals surface area contributed by atoms with Crippen LogP contribution in [0.5, 0.6) is 0 Å². The molecule has 2 amide bonds. The van der Waals surface area contributed by atoms with Crippen LogP contribution in [0, 0.1) is 12.8 Å². The third-order valence-corrected chi connectivity index (χ3v) is 5.82. The molecule has 1 heterocycles. The number of hydrogen-bond donors (Lipinski definition) is 2. The molecule has 0 radical (unpaired) electrons. The summed E-state index contributed by atoms with van der Waals surface area (Å²) in [4.78, 5) is 28.8. The number of aryl methyl sites for hydroxylation is 1. The summed E-state index contributed by atoms with van der Waals surface area (Å²) < 4.78 is 0. The van der Waals surface area contributed by atoms with Gasteiger partial charge in [0.25, 0.3) is 5.91 Å². The highest BCUT2D eigenvalue weighted by Crippen LogP contribution is 2.30. The largest absolute Gasteiger partial charge is 0.352 e. The summed E-state index contributed by atoms with van der Waals surface area (Å²) in [7, 11) is 0. The Balaban J connectivity index is 1.26. The van der Waals surface area contributed by atoms with Crippen LogP contribution in [-0.2, 0) is 11.2 Å². The van der Waals surface area contributed by atoms with Crippen LogP contribution in [0.2, 0.25) is 0 Å². The summed E-state index contributed by atoms with van der Waals surface area (Å²) in [6.07, 6.45) is 2.62. The molecule has 4 rings (SSSR count). The van der Waals surface area contributed by atoms with E-state index in [1.165, 1.54) is 5.56 Å². The van der Waals surface area contributed by atoms with Gasteiger partial charge in [0.2, 0.25) is 5.91 Å². The van der Waals surface area contributed by atoms with Crippen molar-refractivity contribution in [3.05, 3.63) is 70.7 Å². The van der Waals surface area contributed by atoms with Gasteiger partial charge in [0.1, 0.15) is 5.01 Å². The number of aromatic nitrogens is 1. The van der Waals surface area contributed by atoms with Crippen LogP contribution in [0.1, 0.15) is 34.5 Å². The van der Waals surface area contributed by atoms with E-state index in [-0.39, 0.29) is 17.7 Å². The van der Waals surface area contributed by atoms with Crippen molar-refractivity contribution in [3.8, 4) is 10.6 Å². The van der Waals surface area contributed by atoms with E-state index in [1.54, 1.807) is 35.6 Å². The summed E-state index contributed by atoms with van der Waals surface area (Å²) in [6.45, 7) is 2.59. The molecule has 29 heavy (non-hydrogen) atoms. The molecule has 0 spiro atoms. The maximum absolute atomic E-state index is 12.3. The topological polar surface area (TPSA) is 71.1 Å². The number of carbonyl (C=O) groups is 2. The van der Waals surface area contributed by atoms with Gasteiger partial charge in [-0.1, -0.05) is 29.8 Å². The van der Waals surface area contributed by atoms with Gasteiger partial charge in [0, 0.05) is 41.1 Å². The molecule has 2 aromatic carbocycles. The Morgan fingerprint density at radius 3 is 2.48 bits per heavy atom. The Morgan fingerprint density at radius 2 is 1.79 bits per heavy atom. The van der Waals surface area contributed by atoms with Crippen molar-refractivity contribution in [2.24, 2.45) is 5.92 Å². The van der Waals surface area contributed by atoms with Crippen LogP contribution in [0.15, 0.2) is 53.9 Å². The van der Waals surface area contributed by atoms with Crippen molar-refractivity contribution in [1.29, 1.82) is 0 Å². The highest BCUT2D eigenvalue weighted by Gasteiger charge is 2.29. The third kappa shape index (κ3) is 5.09. The monoisotopic (exact) mass is 405 g/mol. The zero-order chi connectivity index (χ0) is 20.2. The average molecular weight is 406 g/mol. The second-order valence-corrected chi connectivity index (χ2v) is 8.21. The van der Waals surface area contributed by atoms with Gasteiger partial charge >= 0.3 is 0 Å². The van der Waals surface area contributed by atoms with Gasteiger partial charge in [0.15, 0.2) is 0 Å². The molecule has 1 aliphatic carbocycles. The number of benzene rings is 2. The first-order valence-electron chi connectivity index (χ1n) is 9.79. The molecular weight excluding hydrogens is 382 g/mol. The Kier molecular flexibility index (Phi) is 5.71. The minimum atomic E-state index is -0.126. The molecule has 148 valence electrons. The van der Waals surface area contributed by atoms with Crippen molar-refractivity contribution >= 4 is 28.8 Å². The van der Waals surface area contributed by atoms with Gasteiger partial charge in [-0.05, 0) is 44.0 Å². The fraction of sp³-hybridized carbons (Fsp3) is 0.261. The van der Waals surface area contributed by atoms with E-state index in [4.69, 9.17) is 0 Å². The smallest absolute Gasteiger partial charge is 0.251 e. The van der Waals surface area contributed by atoms with E-state index in [0.717, 1.165) is 34.8 Å². The van der Waals surface area contributed by atoms with E-state index < -0.39 is 0 Å². The van der Waals surface area contributed by atoms with Crippen LogP contribution >= 0.6 is 11.3 Å².